The van der Waals surface area contributed by atoms with Crippen LogP contribution in [0.3, 0.4) is 0 Å². The van der Waals surface area contributed by atoms with Crippen molar-refractivity contribution < 1.29 is 105 Å². The van der Waals surface area contributed by atoms with E-state index >= 15 is 105 Å². The summed E-state index contributed by atoms with van der Waals surface area (Å²) in [6.45, 7) is 0. The summed E-state index contributed by atoms with van der Waals surface area (Å²) < 4.78 is 374. The molecule has 0 amide bonds. The SMILES string of the molecule is FC1(F)C2(F)C3(F)C(F)(F)C4(F)C(F)(F)C2(F)C2(F)C5(F)C(F)(F)C6(F)C(F)(F)C(F)(C15F)C3(F)C2(C4(F)F)C6(F)F. The highest BCUT2D eigenvalue weighted by Gasteiger charge is 3.40. The van der Waals surface area contributed by atoms with Gasteiger partial charge in [-0.3, -0.25) is 0 Å². The van der Waals surface area contributed by atoms with Gasteiger partial charge in [0.15, 0.2) is 5.41 Å². The summed E-state index contributed by atoms with van der Waals surface area (Å²) in [6, 6.07) is 0. The van der Waals surface area contributed by atoms with Gasteiger partial charge in [-0.25, -0.2) is 61.5 Å². The fourth-order valence-electron chi connectivity index (χ4n) is 9.71. The van der Waals surface area contributed by atoms with Crippen LogP contribution in [-0.4, -0.2) is 98.1 Å². The van der Waals surface area contributed by atoms with Crippen LogP contribution in [0.5, 0.6) is 0 Å². The molecule has 4 unspecified atom stereocenters. The molecule has 10 aliphatic carbocycles. The molecule has 1 spiro atoms. The molecule has 0 aromatic rings. The first-order valence-electron chi connectivity index (χ1n) is 10.5. The second-order valence-corrected chi connectivity index (χ2v) is 11.4. The quantitative estimate of drug-likeness (QED) is 0.255. The van der Waals surface area contributed by atoms with Gasteiger partial charge < -0.3 is 0 Å². The first kappa shape index (κ1) is 29.1. The van der Waals surface area contributed by atoms with E-state index in [1.807, 2.05) is 0 Å². The lowest BCUT2D eigenvalue weighted by atomic mass is 9.11. The van der Waals surface area contributed by atoms with Gasteiger partial charge >= 0.3 is 52.8 Å². The Morgan fingerprint density at radius 2 is 0.286 bits per heavy atom. The van der Waals surface area contributed by atoms with Crippen molar-refractivity contribution in [1.82, 2.24) is 0 Å². The topological polar surface area (TPSA) is 0 Å². The number of alkyl halides is 24. The highest BCUT2D eigenvalue weighted by atomic mass is 19.3. The number of halogens is 24. The van der Waals surface area contributed by atoms with E-state index in [2.05, 4.69) is 0 Å². The van der Waals surface area contributed by atoms with Crippen molar-refractivity contribution in [3.05, 3.63) is 0 Å². The first-order chi connectivity index (χ1) is 18.0. The fraction of sp³-hybridized carbons (Fsp3) is 1.00. The van der Waals surface area contributed by atoms with Gasteiger partial charge in [-0.15, -0.1) is 0 Å². The molecule has 4 atom stereocenters. The highest BCUT2D eigenvalue weighted by molar-refractivity contribution is 5.76. The standard InChI is InChI=1S/C18F24/c19-2-1-3(20)6(23)8(25,4(2,21)15(35,36)10(27,12(1,29)30)17(6,39)40)14(33,34)9(26)5(2,22)16(37,38)11(28,13(1,31)32)18(41,42)7(3,9)24. The van der Waals surface area contributed by atoms with E-state index in [9.17, 15) is 0 Å². The van der Waals surface area contributed by atoms with Crippen molar-refractivity contribution >= 4 is 0 Å². The fourth-order valence-corrected chi connectivity index (χ4v) is 9.71. The zero-order valence-corrected chi connectivity index (χ0v) is 18.1. The van der Waals surface area contributed by atoms with Crippen molar-refractivity contribution in [1.29, 1.82) is 0 Å². The molecule has 0 aromatic carbocycles. The van der Waals surface area contributed by atoms with E-state index in [-0.39, 0.29) is 0 Å². The number of rotatable bonds is 0. The van der Waals surface area contributed by atoms with Crippen LogP contribution in [0, 0.1) is 5.41 Å². The molecule has 10 rings (SSSR count). The van der Waals surface area contributed by atoms with Crippen molar-refractivity contribution in [2.45, 2.75) is 98.1 Å². The monoisotopic (exact) mass is 672 g/mol. The second kappa shape index (κ2) is 5.11. The van der Waals surface area contributed by atoms with Crippen molar-refractivity contribution in [3.8, 4) is 0 Å². The van der Waals surface area contributed by atoms with Gasteiger partial charge in [-0.2, -0.15) is 43.9 Å². The van der Waals surface area contributed by atoms with Gasteiger partial charge in [0.05, 0.1) is 0 Å². The molecular weight excluding hydrogens is 672 g/mol. The lowest BCUT2D eigenvalue weighted by Gasteiger charge is -2.94. The smallest absolute Gasteiger partial charge is 0.235 e. The average molecular weight is 672 g/mol. The molecule has 11 bridgehead atoms. The van der Waals surface area contributed by atoms with E-state index in [0.717, 1.165) is 0 Å². The Balaban J connectivity index is 1.98. The van der Waals surface area contributed by atoms with Crippen LogP contribution in [0.1, 0.15) is 0 Å². The van der Waals surface area contributed by atoms with Gasteiger partial charge in [0.1, 0.15) is 0 Å². The van der Waals surface area contributed by atoms with Crippen molar-refractivity contribution in [2.75, 3.05) is 0 Å². The molecule has 0 nitrogen and oxygen atoms in total. The molecule has 10 aliphatic rings. The van der Waals surface area contributed by atoms with E-state index < -0.39 is 104 Å². The van der Waals surface area contributed by atoms with E-state index in [4.69, 9.17) is 0 Å². The largest absolute Gasteiger partial charge is 0.333 e. The van der Waals surface area contributed by atoms with Crippen LogP contribution >= 0.6 is 0 Å². The normalized spacial score (nSPS) is 68.0. The van der Waals surface area contributed by atoms with Crippen LogP contribution in [0.15, 0.2) is 0 Å². The minimum atomic E-state index is -9.00. The second-order valence-electron chi connectivity index (χ2n) is 11.4. The summed E-state index contributed by atoms with van der Waals surface area (Å²) in [5.74, 6) is -62.3. The maximum absolute atomic E-state index is 16.6. The zero-order valence-electron chi connectivity index (χ0n) is 18.1. The predicted octanol–water partition coefficient (Wildman–Crippen LogP) is 6.60. The predicted molar refractivity (Wildman–Crippen MR) is 75.5 cm³/mol. The van der Waals surface area contributed by atoms with Gasteiger partial charge in [-0.05, 0) is 0 Å². The molecule has 0 radical (unpaired) electrons. The minimum Gasteiger partial charge on any atom is -0.235 e. The summed E-state index contributed by atoms with van der Waals surface area (Å²) in [5, 5.41) is 0. The summed E-state index contributed by atoms with van der Waals surface area (Å²) in [6.07, 6.45) is 0. The molecule has 0 aliphatic heterocycles. The van der Waals surface area contributed by atoms with Crippen LogP contribution in [-0.2, 0) is 0 Å². The summed E-state index contributed by atoms with van der Waals surface area (Å²) in [4.78, 5) is 0. The zero-order chi connectivity index (χ0) is 33.0. The third-order valence-electron chi connectivity index (χ3n) is 11.0. The maximum Gasteiger partial charge on any atom is 0.333 e. The highest BCUT2D eigenvalue weighted by Crippen LogP contribution is 3.07. The Bertz CT molecular complexity index is 1290. The number of hydrogen-bond acceptors (Lipinski definition) is 0. The van der Waals surface area contributed by atoms with Gasteiger partial charge in [0, 0.05) is 0 Å². The molecule has 10 fully saturated rings. The van der Waals surface area contributed by atoms with Gasteiger partial charge in [0.2, 0.25) is 11.3 Å². The van der Waals surface area contributed by atoms with Gasteiger partial charge in [0.25, 0.3) is 34.0 Å². The lowest BCUT2D eigenvalue weighted by molar-refractivity contribution is -0.717. The minimum absolute atomic E-state index is 8.76. The molecule has 42 heavy (non-hydrogen) atoms. The Labute approximate surface area is 210 Å². The van der Waals surface area contributed by atoms with Gasteiger partial charge in [-0.1, -0.05) is 0 Å². The van der Waals surface area contributed by atoms with Crippen LogP contribution in [0.25, 0.3) is 0 Å². The molecule has 10 saturated carbocycles. The summed E-state index contributed by atoms with van der Waals surface area (Å²) >= 11 is 0. The molecule has 240 valence electrons. The Morgan fingerprint density at radius 1 is 0.143 bits per heavy atom. The van der Waals surface area contributed by atoms with Crippen molar-refractivity contribution in [2.24, 2.45) is 5.41 Å². The molecule has 0 saturated heterocycles. The maximum atomic E-state index is 16.6. The van der Waals surface area contributed by atoms with E-state index in [0.29, 0.717) is 0 Å². The lowest BCUT2D eigenvalue weighted by Crippen LogP contribution is -3.28. The molecule has 0 N–H and O–H groups in total. The third-order valence-corrected chi connectivity index (χ3v) is 11.0. The summed E-state index contributed by atoms with van der Waals surface area (Å²) in [5.41, 5.74) is -97.5. The molecule has 0 heterocycles. The Hall–Kier alpha value is -1.68. The first-order valence-corrected chi connectivity index (χ1v) is 10.5. The summed E-state index contributed by atoms with van der Waals surface area (Å²) in [7, 11) is 0. The van der Waals surface area contributed by atoms with Crippen LogP contribution in [0.4, 0.5) is 105 Å². The average Bonchev–Trinajstić information content (AvgIpc) is 2.82. The molecule has 0 aromatic heterocycles. The van der Waals surface area contributed by atoms with Crippen LogP contribution < -0.4 is 0 Å². The Kier molecular flexibility index (Phi) is 3.53. The van der Waals surface area contributed by atoms with Crippen LogP contribution in [0.2, 0.25) is 0 Å². The van der Waals surface area contributed by atoms with E-state index in [1.165, 1.54) is 0 Å². The molecular formula is C18F24. The van der Waals surface area contributed by atoms with E-state index in [1.54, 1.807) is 0 Å². The molecule has 24 heteroatoms. The Morgan fingerprint density at radius 3 is 0.476 bits per heavy atom. The van der Waals surface area contributed by atoms with Crippen molar-refractivity contribution in [3.63, 3.8) is 0 Å². The third kappa shape index (κ3) is 1.16. The number of hydrogen-bond donors (Lipinski definition) is 0.